The number of nitrogens with one attached hydrogen (secondary N) is 1. The minimum absolute atomic E-state index is 0.0868. The summed E-state index contributed by atoms with van der Waals surface area (Å²) < 4.78 is 14.5. The highest BCUT2D eigenvalue weighted by molar-refractivity contribution is 7.22. The highest BCUT2D eigenvalue weighted by atomic mass is 35.5. The molecular weight excluding hydrogens is 491 g/mol. The van der Waals surface area contributed by atoms with Gasteiger partial charge in [-0.25, -0.2) is 9.37 Å². The van der Waals surface area contributed by atoms with Crippen LogP contribution in [0.5, 0.6) is 0 Å². The molecule has 2 N–H and O–H groups in total. The summed E-state index contributed by atoms with van der Waals surface area (Å²) in [7, 11) is 0. The van der Waals surface area contributed by atoms with E-state index in [1.54, 1.807) is 24.5 Å². The number of hydrogen-bond donors (Lipinski definition) is 2. The fourth-order valence-electron chi connectivity index (χ4n) is 4.31. The van der Waals surface area contributed by atoms with Crippen molar-refractivity contribution in [2.24, 2.45) is 0 Å². The van der Waals surface area contributed by atoms with Gasteiger partial charge in [-0.1, -0.05) is 47.2 Å². The number of nitrogens with zero attached hydrogens (tertiary/aromatic N) is 3. The van der Waals surface area contributed by atoms with E-state index in [9.17, 15) is 19.1 Å². The number of ketones is 1. The van der Waals surface area contributed by atoms with Crippen LogP contribution in [-0.4, -0.2) is 31.7 Å². The van der Waals surface area contributed by atoms with Crippen molar-refractivity contribution < 1.29 is 19.1 Å². The number of carbonyl (C=O) groups is 2. The molecule has 7 nitrogen and oxygen atoms in total. The van der Waals surface area contributed by atoms with E-state index in [1.807, 2.05) is 24.3 Å². The van der Waals surface area contributed by atoms with Crippen molar-refractivity contribution in [1.82, 2.24) is 15.0 Å². The molecule has 0 aliphatic carbocycles. The number of halogens is 2. The summed E-state index contributed by atoms with van der Waals surface area (Å²) in [5, 5.41) is 12.1. The number of para-hydroxylation sites is 1. The lowest BCUT2D eigenvalue weighted by Gasteiger charge is -2.22. The number of benzene rings is 2. The number of H-pyrrole nitrogens is 1. The SMILES string of the molecule is O=C1C(=O)N(c2nc3cc(Cl)c(F)cc3s2)C(c2cccnc2)/C1=C(\O)c1c[nH]c2ccccc12. The first-order valence-electron chi connectivity index (χ1n) is 10.5. The molecule has 4 heterocycles. The van der Waals surface area contributed by atoms with E-state index in [-0.39, 0.29) is 21.5 Å². The van der Waals surface area contributed by atoms with Crippen molar-refractivity contribution in [3.05, 3.63) is 94.7 Å². The zero-order chi connectivity index (χ0) is 24.3. The van der Waals surface area contributed by atoms with Gasteiger partial charge in [0.2, 0.25) is 0 Å². The molecule has 10 heteroatoms. The third kappa shape index (κ3) is 3.31. The van der Waals surface area contributed by atoms with Gasteiger partial charge >= 0.3 is 5.91 Å². The number of anilines is 1. The second-order valence-corrected chi connectivity index (χ2v) is 9.35. The molecule has 1 aliphatic heterocycles. The zero-order valence-electron chi connectivity index (χ0n) is 17.7. The van der Waals surface area contributed by atoms with Crippen LogP contribution in [0.1, 0.15) is 17.2 Å². The van der Waals surface area contributed by atoms with Gasteiger partial charge in [-0.05, 0) is 29.8 Å². The van der Waals surface area contributed by atoms with Gasteiger partial charge in [-0.15, -0.1) is 0 Å². The average Bonchev–Trinajstić information content (AvgIpc) is 3.54. The summed E-state index contributed by atoms with van der Waals surface area (Å²) in [5.74, 6) is -2.64. The number of rotatable bonds is 3. The number of hydrogen-bond acceptors (Lipinski definition) is 6. The first-order valence-corrected chi connectivity index (χ1v) is 11.7. The lowest BCUT2D eigenvalue weighted by Crippen LogP contribution is -2.29. The molecule has 1 aliphatic rings. The number of aromatic amines is 1. The minimum Gasteiger partial charge on any atom is -0.507 e. The van der Waals surface area contributed by atoms with Crippen LogP contribution < -0.4 is 4.90 Å². The van der Waals surface area contributed by atoms with Crippen molar-refractivity contribution in [3.8, 4) is 0 Å². The van der Waals surface area contributed by atoms with E-state index >= 15 is 0 Å². The number of aromatic nitrogens is 3. The highest BCUT2D eigenvalue weighted by Gasteiger charge is 2.48. The van der Waals surface area contributed by atoms with Gasteiger partial charge in [0, 0.05) is 35.1 Å². The van der Waals surface area contributed by atoms with Crippen molar-refractivity contribution in [3.63, 3.8) is 0 Å². The maximum atomic E-state index is 14.0. The van der Waals surface area contributed by atoms with Crippen molar-refractivity contribution in [2.45, 2.75) is 6.04 Å². The van der Waals surface area contributed by atoms with Crippen molar-refractivity contribution >= 4 is 66.6 Å². The van der Waals surface area contributed by atoms with E-state index in [2.05, 4.69) is 15.0 Å². The summed E-state index contributed by atoms with van der Waals surface area (Å²) >= 11 is 6.95. The Kier molecular flexibility index (Phi) is 4.91. The smallest absolute Gasteiger partial charge is 0.301 e. The van der Waals surface area contributed by atoms with Crippen LogP contribution in [0.15, 0.2) is 72.7 Å². The Morgan fingerprint density at radius 3 is 2.80 bits per heavy atom. The van der Waals surface area contributed by atoms with Crippen molar-refractivity contribution in [1.29, 1.82) is 0 Å². The summed E-state index contributed by atoms with van der Waals surface area (Å²) in [6.45, 7) is 0. The van der Waals surface area contributed by atoms with E-state index in [0.717, 1.165) is 16.9 Å². The van der Waals surface area contributed by atoms with E-state index in [0.29, 0.717) is 26.7 Å². The molecule has 1 saturated heterocycles. The summed E-state index contributed by atoms with van der Waals surface area (Å²) in [6, 6.07) is 12.3. The number of aliphatic hydroxyl groups is 1. The molecule has 0 saturated carbocycles. The third-order valence-electron chi connectivity index (χ3n) is 5.91. The predicted octanol–water partition coefficient (Wildman–Crippen LogP) is 5.59. The average molecular weight is 505 g/mol. The van der Waals surface area contributed by atoms with Crippen LogP contribution in [0.4, 0.5) is 9.52 Å². The van der Waals surface area contributed by atoms with Gasteiger partial charge in [0.05, 0.1) is 26.9 Å². The molecule has 0 radical (unpaired) electrons. The summed E-state index contributed by atoms with van der Waals surface area (Å²) in [4.78, 5) is 39.5. The maximum absolute atomic E-state index is 14.0. The molecule has 0 bridgehead atoms. The Morgan fingerprint density at radius 1 is 1.17 bits per heavy atom. The van der Waals surface area contributed by atoms with Gasteiger partial charge in [-0.2, -0.15) is 0 Å². The van der Waals surface area contributed by atoms with Crippen LogP contribution in [0.3, 0.4) is 0 Å². The topological polar surface area (TPSA) is 99.2 Å². The van der Waals surface area contributed by atoms with Gasteiger partial charge in [-0.3, -0.25) is 19.5 Å². The van der Waals surface area contributed by atoms with E-state index in [1.165, 1.54) is 23.2 Å². The molecule has 3 aromatic heterocycles. The van der Waals surface area contributed by atoms with Gasteiger partial charge < -0.3 is 10.1 Å². The molecule has 172 valence electrons. The fraction of sp³-hybridized carbons (Fsp3) is 0.0400. The van der Waals surface area contributed by atoms with E-state index < -0.39 is 23.5 Å². The zero-order valence-corrected chi connectivity index (χ0v) is 19.3. The van der Waals surface area contributed by atoms with Crippen LogP contribution in [-0.2, 0) is 9.59 Å². The molecule has 2 aromatic carbocycles. The second-order valence-electron chi connectivity index (χ2n) is 7.93. The number of pyridine rings is 1. The standard InChI is InChI=1S/C25H14ClFN4O3S/c26-15-8-18-19(9-16(15)27)35-25(30-18)31-21(12-4-3-7-28-10-12)20(23(33)24(31)34)22(32)14-11-29-17-6-2-1-5-13(14)17/h1-11,21,29,32H/b22-20+. The van der Waals surface area contributed by atoms with Crippen molar-refractivity contribution in [2.75, 3.05) is 4.90 Å². The number of fused-ring (bicyclic) bond motifs is 2. The molecular formula is C25H14ClFN4O3S. The molecule has 1 atom stereocenters. The molecule has 1 amide bonds. The van der Waals surface area contributed by atoms with Crippen LogP contribution in [0, 0.1) is 5.82 Å². The van der Waals surface area contributed by atoms with Gasteiger partial charge in [0.15, 0.2) is 5.13 Å². The number of aliphatic hydroxyl groups excluding tert-OH is 1. The highest BCUT2D eigenvalue weighted by Crippen LogP contribution is 2.45. The Morgan fingerprint density at radius 2 is 2.00 bits per heavy atom. The van der Waals surface area contributed by atoms with E-state index in [4.69, 9.17) is 11.6 Å². The normalized spacial score (nSPS) is 17.7. The molecule has 35 heavy (non-hydrogen) atoms. The molecule has 1 unspecified atom stereocenters. The number of thiazole rings is 1. The Bertz CT molecular complexity index is 1660. The third-order valence-corrected chi connectivity index (χ3v) is 7.22. The summed E-state index contributed by atoms with van der Waals surface area (Å²) in [5.41, 5.74) is 1.98. The number of Topliss-reactive ketones (excluding diaryl/α,β-unsaturated/α-hetero) is 1. The number of amides is 1. The quantitative estimate of drug-likeness (QED) is 0.189. The molecule has 5 aromatic rings. The Hall–Kier alpha value is -4.08. The Balaban J connectivity index is 1.58. The predicted molar refractivity (Wildman–Crippen MR) is 132 cm³/mol. The molecule has 0 spiro atoms. The van der Waals surface area contributed by atoms with Crippen LogP contribution in [0.2, 0.25) is 5.02 Å². The monoisotopic (exact) mass is 504 g/mol. The fourth-order valence-corrected chi connectivity index (χ4v) is 5.47. The van der Waals surface area contributed by atoms with Gasteiger partial charge in [0.25, 0.3) is 5.78 Å². The maximum Gasteiger partial charge on any atom is 0.301 e. The minimum atomic E-state index is -0.988. The second kappa shape index (κ2) is 8.00. The molecule has 6 rings (SSSR count). The lowest BCUT2D eigenvalue weighted by molar-refractivity contribution is -0.132. The first kappa shape index (κ1) is 21.5. The molecule has 1 fully saturated rings. The summed E-state index contributed by atoms with van der Waals surface area (Å²) in [6.07, 6.45) is 4.68. The first-order chi connectivity index (χ1) is 16.9. The lowest BCUT2D eigenvalue weighted by atomic mass is 9.96. The Labute approximate surface area is 206 Å². The van der Waals surface area contributed by atoms with Crippen LogP contribution >= 0.6 is 22.9 Å². The van der Waals surface area contributed by atoms with Gasteiger partial charge in [0.1, 0.15) is 11.6 Å². The largest absolute Gasteiger partial charge is 0.507 e. The van der Waals surface area contributed by atoms with Crippen LogP contribution in [0.25, 0.3) is 26.9 Å². The number of carbonyl (C=O) groups excluding carboxylic acids is 2.